The highest BCUT2D eigenvalue weighted by Gasteiger charge is 2.32. The Morgan fingerprint density at radius 1 is 1.28 bits per heavy atom. The molecule has 0 heterocycles. The lowest BCUT2D eigenvalue weighted by molar-refractivity contribution is -0.126. The maximum atomic E-state index is 12.5. The molecular weight excluding hydrogens is 340 g/mol. The molecule has 1 amide bonds. The van der Waals surface area contributed by atoms with E-state index in [0.29, 0.717) is 24.0 Å². The van der Waals surface area contributed by atoms with E-state index in [-0.39, 0.29) is 36.4 Å². The van der Waals surface area contributed by atoms with Crippen molar-refractivity contribution in [2.45, 2.75) is 52.2 Å². The molecule has 25 heavy (non-hydrogen) atoms. The zero-order chi connectivity index (χ0) is 17.7. The molecule has 0 saturated heterocycles. The van der Waals surface area contributed by atoms with Crippen molar-refractivity contribution >= 4 is 18.3 Å². The molecule has 0 radical (unpaired) electrons. The third-order valence-corrected chi connectivity index (χ3v) is 4.71. The van der Waals surface area contributed by atoms with Crippen LogP contribution in [-0.4, -0.2) is 25.7 Å². The Hall–Kier alpha value is -1.46. The Labute approximate surface area is 157 Å². The molecule has 1 aliphatic carbocycles. The van der Waals surface area contributed by atoms with Crippen LogP contribution in [0.4, 0.5) is 0 Å². The van der Waals surface area contributed by atoms with E-state index in [9.17, 15) is 4.79 Å². The van der Waals surface area contributed by atoms with Crippen molar-refractivity contribution in [1.29, 1.82) is 0 Å². The Kier molecular flexibility index (Phi) is 8.53. The zero-order valence-corrected chi connectivity index (χ0v) is 16.4. The molecule has 142 valence electrons. The second kappa shape index (κ2) is 9.88. The van der Waals surface area contributed by atoms with Crippen LogP contribution >= 0.6 is 12.4 Å². The van der Waals surface area contributed by atoms with Crippen LogP contribution in [0.3, 0.4) is 0 Å². The Morgan fingerprint density at radius 2 is 2.00 bits per heavy atom. The van der Waals surface area contributed by atoms with Crippen LogP contribution in [0.5, 0.6) is 11.5 Å². The summed E-state index contributed by atoms with van der Waals surface area (Å²) in [7, 11) is 1.62. The number of hydrogen-bond donors (Lipinski definition) is 2. The topological polar surface area (TPSA) is 73.6 Å². The SMILES string of the molecule is COc1cc(C(C)NC(=O)[C@@H]2CCC[C@@H]2CN)ccc1OC(C)C.Cl. The summed E-state index contributed by atoms with van der Waals surface area (Å²) in [6.45, 7) is 6.53. The number of carbonyl (C=O) groups is 1. The monoisotopic (exact) mass is 370 g/mol. The van der Waals surface area contributed by atoms with Crippen molar-refractivity contribution in [3.63, 3.8) is 0 Å². The van der Waals surface area contributed by atoms with E-state index in [2.05, 4.69) is 5.32 Å². The van der Waals surface area contributed by atoms with Gasteiger partial charge >= 0.3 is 0 Å². The summed E-state index contributed by atoms with van der Waals surface area (Å²) < 4.78 is 11.2. The number of carbonyl (C=O) groups excluding carboxylic acids is 1. The molecule has 0 aromatic heterocycles. The largest absolute Gasteiger partial charge is 0.493 e. The fourth-order valence-corrected chi connectivity index (χ4v) is 3.37. The molecule has 1 aromatic rings. The van der Waals surface area contributed by atoms with Gasteiger partial charge in [-0.1, -0.05) is 12.5 Å². The van der Waals surface area contributed by atoms with Crippen LogP contribution in [0, 0.1) is 11.8 Å². The average molecular weight is 371 g/mol. The second-order valence-electron chi connectivity index (χ2n) is 6.84. The summed E-state index contributed by atoms with van der Waals surface area (Å²) in [6.07, 6.45) is 3.16. The molecule has 3 atom stereocenters. The average Bonchev–Trinajstić information content (AvgIpc) is 3.03. The molecule has 3 N–H and O–H groups in total. The normalized spacial score (nSPS) is 20.7. The van der Waals surface area contributed by atoms with Gasteiger partial charge in [0.15, 0.2) is 11.5 Å². The molecular formula is C19H31ClN2O3. The number of benzene rings is 1. The number of amides is 1. The number of hydrogen-bond acceptors (Lipinski definition) is 4. The third-order valence-electron chi connectivity index (χ3n) is 4.71. The molecule has 1 aromatic carbocycles. The smallest absolute Gasteiger partial charge is 0.223 e. The summed E-state index contributed by atoms with van der Waals surface area (Å²) in [6, 6.07) is 5.71. The van der Waals surface area contributed by atoms with Crippen LogP contribution in [-0.2, 0) is 4.79 Å². The molecule has 0 bridgehead atoms. The molecule has 1 saturated carbocycles. The van der Waals surface area contributed by atoms with Gasteiger partial charge < -0.3 is 20.5 Å². The minimum Gasteiger partial charge on any atom is -0.493 e. The van der Waals surface area contributed by atoms with Crippen molar-refractivity contribution in [3.8, 4) is 11.5 Å². The van der Waals surface area contributed by atoms with Crippen LogP contribution in [0.2, 0.25) is 0 Å². The van der Waals surface area contributed by atoms with Crippen LogP contribution < -0.4 is 20.5 Å². The summed E-state index contributed by atoms with van der Waals surface area (Å²) >= 11 is 0. The summed E-state index contributed by atoms with van der Waals surface area (Å²) in [5.41, 5.74) is 6.79. The van der Waals surface area contributed by atoms with Crippen molar-refractivity contribution in [3.05, 3.63) is 23.8 Å². The van der Waals surface area contributed by atoms with Gasteiger partial charge in [0.1, 0.15) is 0 Å². The number of nitrogens with one attached hydrogen (secondary N) is 1. The molecule has 0 spiro atoms. The maximum Gasteiger partial charge on any atom is 0.223 e. The van der Waals surface area contributed by atoms with Gasteiger partial charge in [0.25, 0.3) is 0 Å². The quantitative estimate of drug-likeness (QED) is 0.770. The molecule has 1 aliphatic rings. The summed E-state index contributed by atoms with van der Waals surface area (Å²) in [5, 5.41) is 3.12. The number of rotatable bonds is 7. The van der Waals surface area contributed by atoms with Gasteiger partial charge in [-0.3, -0.25) is 4.79 Å². The maximum absolute atomic E-state index is 12.5. The Morgan fingerprint density at radius 3 is 2.60 bits per heavy atom. The minimum absolute atomic E-state index is 0. The lowest BCUT2D eigenvalue weighted by Gasteiger charge is -2.22. The lowest BCUT2D eigenvalue weighted by Crippen LogP contribution is -2.36. The van der Waals surface area contributed by atoms with E-state index < -0.39 is 0 Å². The van der Waals surface area contributed by atoms with Crippen molar-refractivity contribution in [1.82, 2.24) is 5.32 Å². The first-order valence-corrected chi connectivity index (χ1v) is 8.81. The summed E-state index contributed by atoms with van der Waals surface area (Å²) in [5.74, 6) is 1.87. The molecule has 2 rings (SSSR count). The standard InChI is InChI=1S/C19H30N2O3.ClH/c1-12(2)24-17-9-8-14(10-18(17)23-4)13(3)21-19(22)16-7-5-6-15(16)11-20;/h8-10,12-13,15-16H,5-7,11,20H2,1-4H3,(H,21,22);1H/t13?,15-,16-;/m1./s1. The van der Waals surface area contributed by atoms with E-state index in [4.69, 9.17) is 15.2 Å². The van der Waals surface area contributed by atoms with E-state index in [1.54, 1.807) is 7.11 Å². The fourth-order valence-electron chi connectivity index (χ4n) is 3.37. The van der Waals surface area contributed by atoms with E-state index in [0.717, 1.165) is 24.8 Å². The van der Waals surface area contributed by atoms with E-state index >= 15 is 0 Å². The highest BCUT2D eigenvalue weighted by Crippen LogP contribution is 2.33. The highest BCUT2D eigenvalue weighted by atomic mass is 35.5. The number of methoxy groups -OCH3 is 1. The van der Waals surface area contributed by atoms with Gasteiger partial charge in [-0.25, -0.2) is 0 Å². The molecule has 0 aliphatic heterocycles. The van der Waals surface area contributed by atoms with Crippen molar-refractivity contribution in [2.24, 2.45) is 17.6 Å². The van der Waals surface area contributed by atoms with Gasteiger partial charge in [-0.05, 0) is 63.8 Å². The van der Waals surface area contributed by atoms with E-state index in [1.165, 1.54) is 0 Å². The van der Waals surface area contributed by atoms with Gasteiger partial charge in [0.05, 0.1) is 19.3 Å². The fraction of sp³-hybridized carbons (Fsp3) is 0.632. The van der Waals surface area contributed by atoms with Crippen molar-refractivity contribution in [2.75, 3.05) is 13.7 Å². The first-order valence-electron chi connectivity index (χ1n) is 8.81. The predicted octanol–water partition coefficient (Wildman–Crippen LogP) is 3.46. The zero-order valence-electron chi connectivity index (χ0n) is 15.6. The first-order chi connectivity index (χ1) is 11.5. The molecule has 1 unspecified atom stereocenters. The van der Waals surface area contributed by atoms with Gasteiger partial charge in [-0.15, -0.1) is 12.4 Å². The first kappa shape index (κ1) is 21.6. The van der Waals surface area contributed by atoms with Crippen molar-refractivity contribution < 1.29 is 14.3 Å². The molecule has 1 fully saturated rings. The van der Waals surface area contributed by atoms with Gasteiger partial charge in [0, 0.05) is 5.92 Å². The lowest BCUT2D eigenvalue weighted by atomic mass is 9.94. The molecule has 6 heteroatoms. The second-order valence-corrected chi connectivity index (χ2v) is 6.84. The minimum atomic E-state index is -0.0847. The van der Waals surface area contributed by atoms with Crippen LogP contribution in [0.1, 0.15) is 51.6 Å². The number of halogens is 1. The predicted molar refractivity (Wildman–Crippen MR) is 102 cm³/mol. The van der Waals surface area contributed by atoms with Gasteiger partial charge in [0.2, 0.25) is 5.91 Å². The Balaban J connectivity index is 0.00000312. The van der Waals surface area contributed by atoms with Gasteiger partial charge in [-0.2, -0.15) is 0 Å². The van der Waals surface area contributed by atoms with Crippen LogP contribution in [0.25, 0.3) is 0 Å². The summed E-state index contributed by atoms with van der Waals surface area (Å²) in [4.78, 5) is 12.5. The number of nitrogens with two attached hydrogens (primary N) is 1. The van der Waals surface area contributed by atoms with E-state index in [1.807, 2.05) is 39.0 Å². The molecule has 5 nitrogen and oxygen atoms in total. The third kappa shape index (κ3) is 5.51. The highest BCUT2D eigenvalue weighted by molar-refractivity contribution is 5.85. The number of ether oxygens (including phenoxy) is 2. The Bertz CT molecular complexity index is 566. The van der Waals surface area contributed by atoms with Crippen LogP contribution in [0.15, 0.2) is 18.2 Å².